The summed E-state index contributed by atoms with van der Waals surface area (Å²) in [5.41, 5.74) is 2.08. The quantitative estimate of drug-likeness (QED) is 0.370. The summed E-state index contributed by atoms with van der Waals surface area (Å²) in [4.78, 5) is 10.0. The molecule has 0 saturated carbocycles. The fraction of sp³-hybridized carbons (Fsp3) is 0.278. The van der Waals surface area contributed by atoms with E-state index >= 15 is 0 Å². The van der Waals surface area contributed by atoms with Crippen LogP contribution in [-0.4, -0.2) is 31.6 Å². The first-order valence-electron chi connectivity index (χ1n) is 7.84. The van der Waals surface area contributed by atoms with E-state index in [2.05, 4.69) is 32.7 Å². The molecule has 1 aromatic heterocycles. The van der Waals surface area contributed by atoms with Crippen LogP contribution in [0.2, 0.25) is 0 Å². The van der Waals surface area contributed by atoms with E-state index in [1.165, 1.54) is 5.56 Å². The van der Waals surface area contributed by atoms with Gasteiger partial charge in [-0.2, -0.15) is 5.26 Å². The number of pyridine rings is 1. The second-order valence-electron chi connectivity index (χ2n) is 5.50. The predicted molar refractivity (Wildman–Crippen MR) is 98.0 cm³/mol. The number of benzene rings is 1. The van der Waals surface area contributed by atoms with Crippen molar-refractivity contribution >= 4 is 17.5 Å². The monoisotopic (exact) mass is 322 g/mol. The molecule has 0 radical (unpaired) electrons. The average Bonchev–Trinajstić information content (AvgIpc) is 2.60. The fourth-order valence-corrected chi connectivity index (χ4v) is 2.17. The van der Waals surface area contributed by atoms with Crippen LogP contribution in [0.15, 0.2) is 53.7 Å². The fourth-order valence-electron chi connectivity index (χ4n) is 2.17. The molecule has 6 nitrogen and oxygen atoms in total. The van der Waals surface area contributed by atoms with E-state index in [-0.39, 0.29) is 0 Å². The molecule has 0 aliphatic carbocycles. The van der Waals surface area contributed by atoms with E-state index < -0.39 is 0 Å². The molecule has 0 bridgehead atoms. The van der Waals surface area contributed by atoms with E-state index in [1.54, 1.807) is 6.20 Å². The highest BCUT2D eigenvalue weighted by atomic mass is 15.2. The molecule has 124 valence electrons. The standard InChI is InChI=1S/C18H22N6/c1-24(2)17-11-10-16(13-21-17)23-18(22-14-19)20-12-6-9-15-7-4-3-5-8-15/h3-5,7-8,10-11,13H,6,9,12H2,1-2H3,(H2,20,22,23). The maximum absolute atomic E-state index is 8.83. The molecule has 0 saturated heterocycles. The lowest BCUT2D eigenvalue weighted by molar-refractivity contribution is 0.772. The van der Waals surface area contributed by atoms with Crippen LogP contribution in [0.3, 0.4) is 0 Å². The molecular formula is C18H22N6. The zero-order chi connectivity index (χ0) is 17.2. The van der Waals surface area contributed by atoms with E-state index in [0.717, 1.165) is 30.9 Å². The van der Waals surface area contributed by atoms with E-state index in [1.807, 2.05) is 55.5 Å². The summed E-state index contributed by atoms with van der Waals surface area (Å²) in [6, 6.07) is 14.1. The summed E-state index contributed by atoms with van der Waals surface area (Å²) in [7, 11) is 3.87. The Bertz CT molecular complexity index is 686. The maximum Gasteiger partial charge on any atom is 0.211 e. The van der Waals surface area contributed by atoms with Gasteiger partial charge in [0.1, 0.15) is 5.82 Å². The van der Waals surface area contributed by atoms with Crippen molar-refractivity contribution < 1.29 is 0 Å². The third-order valence-electron chi connectivity index (χ3n) is 3.41. The number of nitrogens with zero attached hydrogens (tertiary/aromatic N) is 4. The van der Waals surface area contributed by atoms with Crippen molar-refractivity contribution in [1.29, 1.82) is 5.26 Å². The minimum Gasteiger partial charge on any atom is -0.363 e. The average molecular weight is 322 g/mol. The number of aromatic nitrogens is 1. The summed E-state index contributed by atoms with van der Waals surface area (Å²) in [6.07, 6.45) is 5.46. The number of hydrogen-bond donors (Lipinski definition) is 2. The molecule has 6 heteroatoms. The Morgan fingerprint density at radius 2 is 2.00 bits per heavy atom. The molecule has 0 aliphatic rings. The predicted octanol–water partition coefficient (Wildman–Crippen LogP) is 2.62. The highest BCUT2D eigenvalue weighted by Crippen LogP contribution is 2.11. The minimum atomic E-state index is 0.435. The molecule has 0 amide bonds. The highest BCUT2D eigenvalue weighted by molar-refractivity contribution is 5.94. The van der Waals surface area contributed by atoms with Gasteiger partial charge in [-0.1, -0.05) is 30.3 Å². The van der Waals surface area contributed by atoms with Gasteiger partial charge in [0, 0.05) is 20.6 Å². The van der Waals surface area contributed by atoms with Gasteiger partial charge in [-0.3, -0.25) is 0 Å². The Morgan fingerprint density at radius 1 is 1.21 bits per heavy atom. The zero-order valence-corrected chi connectivity index (χ0v) is 14.0. The Balaban J connectivity index is 1.83. The Morgan fingerprint density at radius 3 is 2.62 bits per heavy atom. The summed E-state index contributed by atoms with van der Waals surface area (Å²) < 4.78 is 0. The number of hydrogen-bond acceptors (Lipinski definition) is 4. The Kier molecular flexibility index (Phi) is 6.59. The summed E-state index contributed by atoms with van der Waals surface area (Å²) >= 11 is 0. The van der Waals surface area contributed by atoms with Gasteiger partial charge in [0.25, 0.3) is 0 Å². The molecule has 24 heavy (non-hydrogen) atoms. The second-order valence-corrected chi connectivity index (χ2v) is 5.50. The Labute approximate surface area is 142 Å². The maximum atomic E-state index is 8.83. The van der Waals surface area contributed by atoms with Crippen molar-refractivity contribution in [2.24, 2.45) is 4.99 Å². The number of aryl methyl sites for hydroxylation is 1. The molecule has 0 unspecified atom stereocenters. The lowest BCUT2D eigenvalue weighted by atomic mass is 10.1. The van der Waals surface area contributed by atoms with Crippen molar-refractivity contribution in [3.8, 4) is 6.19 Å². The van der Waals surface area contributed by atoms with Crippen LogP contribution in [0.1, 0.15) is 12.0 Å². The van der Waals surface area contributed by atoms with E-state index in [9.17, 15) is 0 Å². The molecule has 1 aromatic carbocycles. The van der Waals surface area contributed by atoms with Gasteiger partial charge >= 0.3 is 0 Å². The number of guanidine groups is 1. The van der Waals surface area contributed by atoms with Crippen molar-refractivity contribution in [3.05, 3.63) is 54.2 Å². The van der Waals surface area contributed by atoms with Crippen molar-refractivity contribution in [1.82, 2.24) is 10.3 Å². The summed E-state index contributed by atoms with van der Waals surface area (Å²) in [5, 5.41) is 15.1. The van der Waals surface area contributed by atoms with Gasteiger partial charge in [0.05, 0.1) is 11.9 Å². The van der Waals surface area contributed by atoms with Crippen molar-refractivity contribution in [3.63, 3.8) is 0 Å². The molecule has 0 fully saturated rings. The highest BCUT2D eigenvalue weighted by Gasteiger charge is 2.02. The van der Waals surface area contributed by atoms with Gasteiger partial charge < -0.3 is 15.5 Å². The molecule has 2 aromatic rings. The normalized spacial score (nSPS) is 10.8. The number of nitrogens with one attached hydrogen (secondary N) is 2. The number of aliphatic imine (C=N–C) groups is 1. The van der Waals surface area contributed by atoms with Gasteiger partial charge in [0.15, 0.2) is 0 Å². The number of anilines is 2. The molecule has 2 N–H and O–H groups in total. The third kappa shape index (κ3) is 5.61. The van der Waals surface area contributed by atoms with Crippen LogP contribution < -0.4 is 15.5 Å². The smallest absolute Gasteiger partial charge is 0.211 e. The topological polar surface area (TPSA) is 76.3 Å². The number of rotatable bonds is 6. The first-order chi connectivity index (χ1) is 11.7. The zero-order valence-electron chi connectivity index (χ0n) is 14.0. The molecular weight excluding hydrogens is 300 g/mol. The third-order valence-corrected chi connectivity index (χ3v) is 3.41. The minimum absolute atomic E-state index is 0.435. The molecule has 0 aliphatic heterocycles. The second kappa shape index (κ2) is 9.16. The summed E-state index contributed by atoms with van der Waals surface area (Å²) in [5.74, 6) is 1.31. The van der Waals surface area contributed by atoms with Crippen LogP contribution in [0, 0.1) is 11.5 Å². The van der Waals surface area contributed by atoms with Crippen LogP contribution in [0.4, 0.5) is 11.5 Å². The number of nitriles is 1. The van der Waals surface area contributed by atoms with Gasteiger partial charge in [-0.15, -0.1) is 4.99 Å². The van der Waals surface area contributed by atoms with E-state index in [4.69, 9.17) is 5.26 Å². The first-order valence-corrected chi connectivity index (χ1v) is 7.84. The van der Waals surface area contributed by atoms with Crippen molar-refractivity contribution in [2.45, 2.75) is 12.8 Å². The largest absolute Gasteiger partial charge is 0.363 e. The van der Waals surface area contributed by atoms with Crippen LogP contribution in [0.5, 0.6) is 0 Å². The lowest BCUT2D eigenvalue weighted by Gasteiger charge is -2.13. The van der Waals surface area contributed by atoms with Gasteiger partial charge in [-0.05, 0) is 30.5 Å². The first kappa shape index (κ1) is 17.3. The van der Waals surface area contributed by atoms with Gasteiger partial charge in [-0.25, -0.2) is 4.98 Å². The Hall–Kier alpha value is -3.07. The van der Waals surface area contributed by atoms with Gasteiger partial charge in [0.2, 0.25) is 12.2 Å². The molecule has 0 atom stereocenters. The SMILES string of the molecule is CN(C)c1ccc(NC(=NC#N)NCCCc2ccccc2)cn1. The van der Waals surface area contributed by atoms with E-state index in [0.29, 0.717) is 5.96 Å². The van der Waals surface area contributed by atoms with Crippen LogP contribution in [-0.2, 0) is 6.42 Å². The van der Waals surface area contributed by atoms with Crippen LogP contribution >= 0.6 is 0 Å². The lowest BCUT2D eigenvalue weighted by Crippen LogP contribution is -2.31. The molecule has 2 rings (SSSR count). The van der Waals surface area contributed by atoms with Crippen LogP contribution in [0.25, 0.3) is 0 Å². The molecule has 1 heterocycles. The molecule has 0 spiro atoms. The van der Waals surface area contributed by atoms with Crippen molar-refractivity contribution in [2.75, 3.05) is 30.9 Å². The summed E-state index contributed by atoms with van der Waals surface area (Å²) in [6.45, 7) is 0.728.